The summed E-state index contributed by atoms with van der Waals surface area (Å²) in [5.74, 6) is 0.757. The molecule has 0 saturated carbocycles. The highest BCUT2D eigenvalue weighted by atomic mass is 32.1. The van der Waals surface area contributed by atoms with Crippen LogP contribution >= 0.6 is 12.2 Å². The molecule has 31 heavy (non-hydrogen) atoms. The monoisotopic (exact) mass is 434 g/mol. The van der Waals surface area contributed by atoms with Gasteiger partial charge in [0.25, 0.3) is 5.91 Å². The summed E-state index contributed by atoms with van der Waals surface area (Å²) in [6, 6.07) is 22.1. The molecule has 0 spiro atoms. The molecule has 0 aromatic heterocycles. The second-order valence-corrected chi connectivity index (χ2v) is 7.70. The van der Waals surface area contributed by atoms with Gasteiger partial charge in [-0.1, -0.05) is 50.2 Å². The molecule has 1 amide bonds. The fourth-order valence-electron chi connectivity index (χ4n) is 2.97. The van der Waals surface area contributed by atoms with Crippen LogP contribution < -0.4 is 15.4 Å². The standard InChI is InChI=1S/C25H26N2O3S/c1-3-17(2)20-11-14-23(28)22(15-20)26-25(31)27-24(29)19-9-12-21(13-10-19)30-16-18-7-5-4-6-8-18/h4-15,17,28H,3,16H2,1-2H3,(H2,26,27,29,31)/t17-/m0/s1. The summed E-state index contributed by atoms with van der Waals surface area (Å²) in [6.45, 7) is 4.68. The Labute approximate surface area is 188 Å². The second-order valence-electron chi connectivity index (χ2n) is 7.29. The van der Waals surface area contributed by atoms with E-state index in [1.54, 1.807) is 30.3 Å². The van der Waals surface area contributed by atoms with Crippen molar-refractivity contribution in [3.05, 3.63) is 89.5 Å². The molecule has 5 nitrogen and oxygen atoms in total. The lowest BCUT2D eigenvalue weighted by molar-refractivity contribution is 0.0977. The molecule has 3 rings (SSSR count). The number of carbonyl (C=O) groups is 1. The smallest absolute Gasteiger partial charge is 0.257 e. The zero-order chi connectivity index (χ0) is 22.2. The number of phenols is 1. The van der Waals surface area contributed by atoms with Crippen LogP contribution in [0.1, 0.15) is 47.7 Å². The zero-order valence-electron chi connectivity index (χ0n) is 17.6. The van der Waals surface area contributed by atoms with Crippen molar-refractivity contribution in [2.45, 2.75) is 32.8 Å². The number of ether oxygens (including phenoxy) is 1. The van der Waals surface area contributed by atoms with Gasteiger partial charge in [-0.05, 0) is 72.1 Å². The number of aromatic hydroxyl groups is 1. The summed E-state index contributed by atoms with van der Waals surface area (Å²) in [4.78, 5) is 12.5. The van der Waals surface area contributed by atoms with Gasteiger partial charge >= 0.3 is 0 Å². The van der Waals surface area contributed by atoms with Crippen LogP contribution in [0, 0.1) is 0 Å². The van der Waals surface area contributed by atoms with Crippen molar-refractivity contribution in [1.29, 1.82) is 0 Å². The van der Waals surface area contributed by atoms with E-state index in [1.165, 1.54) is 0 Å². The maximum absolute atomic E-state index is 12.5. The van der Waals surface area contributed by atoms with Crippen molar-refractivity contribution in [1.82, 2.24) is 5.32 Å². The fourth-order valence-corrected chi connectivity index (χ4v) is 3.17. The number of hydrogen-bond acceptors (Lipinski definition) is 4. The first-order valence-electron chi connectivity index (χ1n) is 10.2. The third-order valence-corrected chi connectivity index (χ3v) is 5.25. The number of hydrogen-bond donors (Lipinski definition) is 3. The van der Waals surface area contributed by atoms with Crippen molar-refractivity contribution in [3.63, 3.8) is 0 Å². The molecule has 0 fully saturated rings. The third-order valence-electron chi connectivity index (χ3n) is 5.04. The maximum Gasteiger partial charge on any atom is 0.257 e. The lowest BCUT2D eigenvalue weighted by atomic mass is 9.98. The van der Waals surface area contributed by atoms with Gasteiger partial charge in [-0.2, -0.15) is 0 Å². The molecular formula is C25H26N2O3S. The van der Waals surface area contributed by atoms with Crippen molar-refractivity contribution >= 4 is 28.9 Å². The van der Waals surface area contributed by atoms with Crippen LogP contribution in [0.25, 0.3) is 0 Å². The first-order valence-corrected chi connectivity index (χ1v) is 10.6. The molecule has 3 aromatic rings. The topological polar surface area (TPSA) is 70.6 Å². The highest BCUT2D eigenvalue weighted by Crippen LogP contribution is 2.29. The van der Waals surface area contributed by atoms with Crippen LogP contribution in [0.4, 0.5) is 5.69 Å². The maximum atomic E-state index is 12.5. The van der Waals surface area contributed by atoms with Crippen molar-refractivity contribution in [3.8, 4) is 11.5 Å². The number of rotatable bonds is 7. The van der Waals surface area contributed by atoms with Gasteiger partial charge in [-0.15, -0.1) is 0 Å². The summed E-state index contributed by atoms with van der Waals surface area (Å²) in [6.07, 6.45) is 0.983. The third kappa shape index (κ3) is 6.30. The largest absolute Gasteiger partial charge is 0.506 e. The van der Waals surface area contributed by atoms with E-state index >= 15 is 0 Å². The van der Waals surface area contributed by atoms with Gasteiger partial charge in [0.05, 0.1) is 5.69 Å². The Kier molecular flexibility index (Phi) is 7.62. The Bertz CT molecular complexity index is 1040. The van der Waals surface area contributed by atoms with Gasteiger partial charge in [-0.25, -0.2) is 0 Å². The average molecular weight is 435 g/mol. The SMILES string of the molecule is CC[C@H](C)c1ccc(O)c(NC(=S)NC(=O)c2ccc(OCc3ccccc3)cc2)c1. The number of phenolic OH excluding ortho intramolecular Hbond substituents is 1. The van der Waals surface area contributed by atoms with Crippen LogP contribution in [-0.4, -0.2) is 16.1 Å². The normalized spacial score (nSPS) is 11.4. The van der Waals surface area contributed by atoms with E-state index in [0.29, 0.717) is 29.5 Å². The van der Waals surface area contributed by atoms with Crippen LogP contribution in [0.5, 0.6) is 11.5 Å². The van der Waals surface area contributed by atoms with Crippen LogP contribution in [0.15, 0.2) is 72.8 Å². The van der Waals surface area contributed by atoms with Crippen molar-refractivity contribution in [2.75, 3.05) is 5.32 Å². The zero-order valence-corrected chi connectivity index (χ0v) is 18.4. The molecule has 0 aliphatic rings. The molecule has 0 heterocycles. The molecule has 0 aliphatic carbocycles. The predicted octanol–water partition coefficient (Wildman–Crippen LogP) is 5.61. The molecule has 3 N–H and O–H groups in total. The van der Waals surface area contributed by atoms with Gasteiger partial charge in [0.1, 0.15) is 18.1 Å². The first kappa shape index (κ1) is 22.3. The van der Waals surface area contributed by atoms with Crippen LogP contribution in [0.2, 0.25) is 0 Å². The Morgan fingerprint density at radius 2 is 1.77 bits per heavy atom. The van der Waals surface area contributed by atoms with E-state index in [1.807, 2.05) is 42.5 Å². The average Bonchev–Trinajstić information content (AvgIpc) is 2.79. The minimum atomic E-state index is -0.343. The van der Waals surface area contributed by atoms with Gasteiger partial charge < -0.3 is 15.2 Å². The molecule has 6 heteroatoms. The second kappa shape index (κ2) is 10.6. The van der Waals surface area contributed by atoms with E-state index in [4.69, 9.17) is 17.0 Å². The molecule has 0 bridgehead atoms. The molecule has 1 atom stereocenters. The number of amides is 1. The van der Waals surface area contributed by atoms with E-state index in [9.17, 15) is 9.90 Å². The molecule has 0 saturated heterocycles. The molecule has 0 aliphatic heterocycles. The molecule has 0 radical (unpaired) electrons. The van der Waals surface area contributed by atoms with Gasteiger partial charge in [0.2, 0.25) is 0 Å². The molecule has 160 valence electrons. The van der Waals surface area contributed by atoms with Crippen molar-refractivity contribution < 1.29 is 14.6 Å². The number of anilines is 1. The molecule has 0 unspecified atom stereocenters. The lowest BCUT2D eigenvalue weighted by Crippen LogP contribution is -2.34. The van der Waals surface area contributed by atoms with Gasteiger partial charge in [0.15, 0.2) is 5.11 Å². The number of thiocarbonyl (C=S) groups is 1. The van der Waals surface area contributed by atoms with Gasteiger partial charge in [-0.3, -0.25) is 10.1 Å². The Hall–Kier alpha value is -3.38. The van der Waals surface area contributed by atoms with E-state index in [0.717, 1.165) is 17.5 Å². The summed E-state index contributed by atoms with van der Waals surface area (Å²) >= 11 is 5.25. The van der Waals surface area contributed by atoms with E-state index < -0.39 is 0 Å². The quantitative estimate of drug-likeness (QED) is 0.333. The number of nitrogens with one attached hydrogen (secondary N) is 2. The minimum Gasteiger partial charge on any atom is -0.506 e. The lowest BCUT2D eigenvalue weighted by Gasteiger charge is -2.15. The highest BCUT2D eigenvalue weighted by molar-refractivity contribution is 7.80. The van der Waals surface area contributed by atoms with Crippen molar-refractivity contribution in [2.24, 2.45) is 0 Å². The first-order chi connectivity index (χ1) is 15.0. The highest BCUT2D eigenvalue weighted by Gasteiger charge is 2.12. The molecule has 3 aromatic carbocycles. The Morgan fingerprint density at radius 1 is 1.06 bits per heavy atom. The van der Waals surface area contributed by atoms with E-state index in [2.05, 4.69) is 24.5 Å². The number of carbonyl (C=O) groups excluding carboxylic acids is 1. The fraction of sp³-hybridized carbons (Fsp3) is 0.200. The predicted molar refractivity (Wildman–Crippen MR) is 128 cm³/mol. The Balaban J connectivity index is 1.56. The summed E-state index contributed by atoms with van der Waals surface area (Å²) in [5, 5.41) is 15.8. The Morgan fingerprint density at radius 3 is 2.45 bits per heavy atom. The van der Waals surface area contributed by atoms with Crippen LogP contribution in [-0.2, 0) is 6.61 Å². The van der Waals surface area contributed by atoms with Gasteiger partial charge in [0, 0.05) is 5.56 Å². The number of benzene rings is 3. The summed E-state index contributed by atoms with van der Waals surface area (Å²) in [5.41, 5.74) is 3.07. The summed E-state index contributed by atoms with van der Waals surface area (Å²) < 4.78 is 5.74. The minimum absolute atomic E-state index is 0.0727. The molecular weight excluding hydrogens is 408 g/mol. The van der Waals surface area contributed by atoms with Crippen LogP contribution in [0.3, 0.4) is 0 Å². The summed E-state index contributed by atoms with van der Waals surface area (Å²) in [7, 11) is 0. The van der Waals surface area contributed by atoms with E-state index in [-0.39, 0.29) is 16.8 Å².